The molecule has 0 bridgehead atoms. The molecule has 1 heterocycles. The first kappa shape index (κ1) is 32.1. The molecule has 0 aromatic heterocycles. The molecule has 0 spiro atoms. The van der Waals surface area contributed by atoms with Crippen LogP contribution in [0.3, 0.4) is 0 Å². The van der Waals surface area contributed by atoms with Gasteiger partial charge in [-0.2, -0.15) is 0 Å². The molecule has 1 saturated heterocycles. The first-order chi connectivity index (χ1) is 21.0. The Kier molecular flexibility index (Phi) is 10.0. The first-order valence-corrected chi connectivity index (χ1v) is 15.0. The lowest BCUT2D eigenvalue weighted by molar-refractivity contribution is -0.287. The van der Waals surface area contributed by atoms with Crippen LogP contribution in [0.2, 0.25) is 0 Å². The summed E-state index contributed by atoms with van der Waals surface area (Å²) in [5.41, 5.74) is 5.05. The summed E-state index contributed by atoms with van der Waals surface area (Å²) in [5, 5.41) is 8.04. The second-order valence-corrected chi connectivity index (χ2v) is 12.6. The maximum Gasteiger partial charge on any atom is 0.508 e. The second-order valence-electron chi connectivity index (χ2n) is 10.4. The molecule has 0 saturated carbocycles. The Bertz CT molecular complexity index is 1450. The van der Waals surface area contributed by atoms with E-state index >= 15 is 0 Å². The monoisotopic (exact) mass is 661 g/mol. The van der Waals surface area contributed by atoms with Crippen LogP contribution in [0.15, 0.2) is 78.9 Å². The highest BCUT2D eigenvalue weighted by Gasteiger charge is 2.52. The molecule has 5 atom stereocenters. The standard InChI is InChI=1S/C32H30Cl3NO8/c1-18-26(39-16-20-10-4-3-5-11-20)27(28(42-19(2)37)29(41-18)44-30(36)32(33,34)35)43-31(38)40-17-25-23-14-8-6-12-21(23)22-13-7-9-15-24(22)25/h3-15,18,25-29,36H,16-17H2,1-2H3/t18?,26-,27+,28?,29-/m0/s1. The number of nitrogens with one attached hydrogen (secondary N) is 1. The van der Waals surface area contributed by atoms with E-state index in [1.807, 2.05) is 78.9 Å². The van der Waals surface area contributed by atoms with E-state index in [2.05, 4.69) is 0 Å². The fourth-order valence-electron chi connectivity index (χ4n) is 5.43. The highest BCUT2D eigenvalue weighted by atomic mass is 35.6. The number of carbonyl (C=O) groups excluding carboxylic acids is 2. The zero-order valence-electron chi connectivity index (χ0n) is 23.8. The van der Waals surface area contributed by atoms with Crippen LogP contribution in [0.1, 0.15) is 36.5 Å². The molecule has 1 fully saturated rings. The van der Waals surface area contributed by atoms with Crippen molar-refractivity contribution in [3.8, 4) is 11.1 Å². The summed E-state index contributed by atoms with van der Waals surface area (Å²) in [6, 6.07) is 25.2. The summed E-state index contributed by atoms with van der Waals surface area (Å²) < 4.78 is 32.3. The Hall–Kier alpha value is -3.34. The maximum absolute atomic E-state index is 13.3. The van der Waals surface area contributed by atoms with Crippen LogP contribution in [0.4, 0.5) is 4.79 Å². The van der Waals surface area contributed by atoms with Gasteiger partial charge in [-0.15, -0.1) is 0 Å². The molecule has 3 aromatic carbocycles. The van der Waals surface area contributed by atoms with E-state index < -0.39 is 52.5 Å². The number of carbonyl (C=O) groups is 2. The minimum absolute atomic E-state index is 0.00273. The van der Waals surface area contributed by atoms with Crippen LogP contribution in [0.5, 0.6) is 0 Å². The maximum atomic E-state index is 13.3. The van der Waals surface area contributed by atoms with Gasteiger partial charge in [0.2, 0.25) is 18.3 Å². The average molecular weight is 663 g/mol. The third-order valence-electron chi connectivity index (χ3n) is 7.37. The Balaban J connectivity index is 1.38. The fraction of sp³-hybridized carbons (Fsp3) is 0.344. The third-order valence-corrected chi connectivity index (χ3v) is 7.88. The molecular formula is C32H30Cl3NO8. The van der Waals surface area contributed by atoms with Gasteiger partial charge in [0.15, 0.2) is 6.10 Å². The number of hydrogen-bond donors (Lipinski definition) is 1. The van der Waals surface area contributed by atoms with E-state index in [-0.39, 0.29) is 19.1 Å². The quantitative estimate of drug-likeness (QED) is 0.119. The van der Waals surface area contributed by atoms with Crippen molar-refractivity contribution in [3.05, 3.63) is 95.6 Å². The number of ether oxygens (including phenoxy) is 6. The summed E-state index contributed by atoms with van der Waals surface area (Å²) in [6.07, 6.45) is -6.91. The molecule has 5 rings (SSSR count). The molecule has 0 amide bonds. The van der Waals surface area contributed by atoms with E-state index in [4.69, 9.17) is 68.6 Å². The molecule has 44 heavy (non-hydrogen) atoms. The molecule has 1 N–H and O–H groups in total. The SMILES string of the molecule is CC(=O)OC1[C@H](OC(=N)C(Cl)(Cl)Cl)OC(C)[C@H](OCc2ccccc2)[C@H]1OC(=O)OCC1c2ccccc2-c2ccccc21. The second kappa shape index (κ2) is 13.7. The lowest BCUT2D eigenvalue weighted by Gasteiger charge is -2.43. The van der Waals surface area contributed by atoms with Crippen LogP contribution in [-0.4, -0.2) is 59.1 Å². The van der Waals surface area contributed by atoms with Gasteiger partial charge in [-0.05, 0) is 34.7 Å². The number of halogens is 3. The summed E-state index contributed by atoms with van der Waals surface area (Å²) in [6.45, 7) is 2.95. The van der Waals surface area contributed by atoms with E-state index in [0.29, 0.717) is 0 Å². The number of rotatable bonds is 8. The molecule has 232 valence electrons. The van der Waals surface area contributed by atoms with Gasteiger partial charge in [-0.1, -0.05) is 114 Å². The molecule has 12 heteroatoms. The Morgan fingerprint density at radius 2 is 1.41 bits per heavy atom. The van der Waals surface area contributed by atoms with Gasteiger partial charge in [0.05, 0.1) is 12.7 Å². The molecular weight excluding hydrogens is 633 g/mol. The van der Waals surface area contributed by atoms with Crippen molar-refractivity contribution in [2.24, 2.45) is 0 Å². The van der Waals surface area contributed by atoms with Crippen LogP contribution < -0.4 is 0 Å². The van der Waals surface area contributed by atoms with Crippen molar-refractivity contribution in [1.29, 1.82) is 5.41 Å². The predicted octanol–water partition coefficient (Wildman–Crippen LogP) is 6.95. The Morgan fingerprint density at radius 3 is 2.00 bits per heavy atom. The molecule has 9 nitrogen and oxygen atoms in total. The highest BCUT2D eigenvalue weighted by molar-refractivity contribution is 6.76. The van der Waals surface area contributed by atoms with E-state index in [0.717, 1.165) is 27.8 Å². The highest BCUT2D eigenvalue weighted by Crippen LogP contribution is 2.44. The molecule has 1 aliphatic heterocycles. The van der Waals surface area contributed by atoms with Gasteiger partial charge in [-0.3, -0.25) is 10.2 Å². The molecule has 2 aliphatic rings. The van der Waals surface area contributed by atoms with Gasteiger partial charge in [-0.25, -0.2) is 4.79 Å². The largest absolute Gasteiger partial charge is 0.508 e. The average Bonchev–Trinajstić information content (AvgIpc) is 3.31. The molecule has 1 aliphatic carbocycles. The lowest BCUT2D eigenvalue weighted by Crippen LogP contribution is -2.61. The summed E-state index contributed by atoms with van der Waals surface area (Å²) in [7, 11) is 0. The Labute approximate surface area is 269 Å². The lowest BCUT2D eigenvalue weighted by atomic mass is 9.98. The van der Waals surface area contributed by atoms with Crippen LogP contribution >= 0.6 is 34.8 Å². The van der Waals surface area contributed by atoms with Crippen molar-refractivity contribution >= 4 is 52.8 Å². The predicted molar refractivity (Wildman–Crippen MR) is 164 cm³/mol. The minimum Gasteiger partial charge on any atom is -0.452 e. The van der Waals surface area contributed by atoms with Gasteiger partial charge >= 0.3 is 12.1 Å². The topological polar surface area (TPSA) is 113 Å². The molecule has 0 radical (unpaired) electrons. The Morgan fingerprint density at radius 1 is 0.818 bits per heavy atom. The van der Waals surface area contributed by atoms with Crippen molar-refractivity contribution in [3.63, 3.8) is 0 Å². The number of esters is 1. The normalized spacial score (nSPS) is 22.8. The number of hydrogen-bond acceptors (Lipinski definition) is 9. The van der Waals surface area contributed by atoms with Gasteiger partial charge in [0.1, 0.15) is 12.7 Å². The number of alkyl halides is 3. The van der Waals surface area contributed by atoms with Crippen LogP contribution in [0, 0.1) is 5.41 Å². The van der Waals surface area contributed by atoms with Crippen molar-refractivity contribution < 1.29 is 38.0 Å². The summed E-state index contributed by atoms with van der Waals surface area (Å²) in [5.74, 6) is -1.72. The van der Waals surface area contributed by atoms with E-state index in [9.17, 15) is 9.59 Å². The van der Waals surface area contributed by atoms with E-state index in [1.54, 1.807) is 6.92 Å². The molecule has 2 unspecified atom stereocenters. The zero-order chi connectivity index (χ0) is 31.4. The van der Waals surface area contributed by atoms with Gasteiger partial charge in [0, 0.05) is 12.8 Å². The number of fused-ring (bicyclic) bond motifs is 3. The van der Waals surface area contributed by atoms with E-state index in [1.165, 1.54) is 6.92 Å². The van der Waals surface area contributed by atoms with Crippen molar-refractivity contribution in [2.75, 3.05) is 6.61 Å². The molecule has 3 aromatic rings. The zero-order valence-corrected chi connectivity index (χ0v) is 26.1. The van der Waals surface area contributed by atoms with Gasteiger partial charge < -0.3 is 28.4 Å². The summed E-state index contributed by atoms with van der Waals surface area (Å²) in [4.78, 5) is 25.5. The third kappa shape index (κ3) is 7.30. The van der Waals surface area contributed by atoms with Crippen LogP contribution in [-0.2, 0) is 39.8 Å². The van der Waals surface area contributed by atoms with Crippen molar-refractivity contribution in [2.45, 2.75) is 60.9 Å². The van der Waals surface area contributed by atoms with Crippen LogP contribution in [0.25, 0.3) is 11.1 Å². The smallest absolute Gasteiger partial charge is 0.452 e. The fourth-order valence-corrected chi connectivity index (χ4v) is 5.57. The van der Waals surface area contributed by atoms with Gasteiger partial charge in [0.25, 0.3) is 3.79 Å². The first-order valence-electron chi connectivity index (χ1n) is 13.8. The minimum atomic E-state index is -2.23. The summed E-state index contributed by atoms with van der Waals surface area (Å²) >= 11 is 17.5. The number of benzene rings is 3. The van der Waals surface area contributed by atoms with Crippen molar-refractivity contribution in [1.82, 2.24) is 0 Å².